The van der Waals surface area contributed by atoms with E-state index in [0.29, 0.717) is 30.5 Å². The van der Waals surface area contributed by atoms with Crippen molar-refractivity contribution < 1.29 is 17.5 Å². The van der Waals surface area contributed by atoms with Gasteiger partial charge in [0.15, 0.2) is 6.54 Å². The molecule has 0 unspecified atom stereocenters. The van der Waals surface area contributed by atoms with E-state index in [1.807, 2.05) is 72.2 Å². The number of hydrogen-bond donors (Lipinski definition) is 1. The monoisotopic (exact) mass is 696 g/mol. The molecule has 1 N–H and O–H groups in total. The minimum Gasteiger partial charge on any atom is -0.348 e. The van der Waals surface area contributed by atoms with Crippen LogP contribution in [-0.2, 0) is 23.2 Å². The third-order valence-corrected chi connectivity index (χ3v) is 11.4. The van der Waals surface area contributed by atoms with Gasteiger partial charge in [0.2, 0.25) is 5.69 Å². The number of fused-ring (bicyclic) bond motifs is 1. The summed E-state index contributed by atoms with van der Waals surface area (Å²) in [4.78, 5) is 17.0. The largest absolute Gasteiger partial charge is 0.348 e. The number of allylic oxidation sites excluding steroid dienone is 3. The smallest absolute Gasteiger partial charge is 0.269 e. The van der Waals surface area contributed by atoms with Crippen molar-refractivity contribution in [2.75, 3.05) is 17.2 Å². The molecule has 1 aliphatic heterocycles. The van der Waals surface area contributed by atoms with Crippen LogP contribution in [0.2, 0.25) is 0 Å². The molecular weight excluding hydrogens is 659 g/mol. The van der Waals surface area contributed by atoms with Crippen LogP contribution < -0.4 is 24.2 Å². The zero-order valence-corrected chi connectivity index (χ0v) is 29.4. The summed E-state index contributed by atoms with van der Waals surface area (Å²) in [6, 6.07) is 28.7. The molecule has 0 fully saturated rings. The van der Waals surface area contributed by atoms with E-state index in [-0.39, 0.29) is 11.3 Å². The van der Waals surface area contributed by atoms with Crippen LogP contribution in [0.5, 0.6) is 0 Å². The van der Waals surface area contributed by atoms with Crippen LogP contribution in [0.3, 0.4) is 0 Å². The molecule has 0 saturated heterocycles. The van der Waals surface area contributed by atoms with E-state index in [9.17, 15) is 17.8 Å². The van der Waals surface area contributed by atoms with E-state index in [4.69, 9.17) is 0 Å². The van der Waals surface area contributed by atoms with Crippen molar-refractivity contribution in [3.63, 3.8) is 0 Å². The Morgan fingerprint density at radius 3 is 2.21 bits per heavy atom. The summed E-state index contributed by atoms with van der Waals surface area (Å²) in [5, 5.41) is 0.955. The van der Waals surface area contributed by atoms with Gasteiger partial charge in [-0.1, -0.05) is 84.1 Å². The maximum Gasteiger partial charge on any atom is 0.269 e. The van der Waals surface area contributed by atoms with Gasteiger partial charge in [0.05, 0.1) is 16.4 Å². The molecular formula is C38H38N3O4S3+. The Bertz CT molecular complexity index is 2270. The fourth-order valence-corrected chi connectivity index (χ4v) is 8.90. The van der Waals surface area contributed by atoms with Crippen molar-refractivity contribution in [3.05, 3.63) is 133 Å². The van der Waals surface area contributed by atoms with Gasteiger partial charge in [-0.2, -0.15) is 13.0 Å². The Balaban J connectivity index is 1.50. The second-order valence-electron chi connectivity index (χ2n) is 11.4. The number of unbranched alkanes of at least 4 members (excludes halogenated alkanes) is 1. The number of nitrogens with zero attached hydrogens (tertiary/aromatic N) is 3. The highest BCUT2D eigenvalue weighted by Crippen LogP contribution is 2.36. The normalized spacial score (nSPS) is 14.6. The topological polar surface area (TPSA) is 83.5 Å². The van der Waals surface area contributed by atoms with Crippen molar-refractivity contribution in [2.45, 2.75) is 39.8 Å². The molecule has 246 valence electrons. The molecule has 5 aromatic rings. The van der Waals surface area contributed by atoms with E-state index in [1.165, 1.54) is 11.3 Å². The summed E-state index contributed by atoms with van der Waals surface area (Å²) < 4.78 is 37.8. The van der Waals surface area contributed by atoms with Gasteiger partial charge in [0.25, 0.3) is 20.7 Å². The Morgan fingerprint density at radius 1 is 0.833 bits per heavy atom. The van der Waals surface area contributed by atoms with Gasteiger partial charge < -0.3 is 4.90 Å². The summed E-state index contributed by atoms with van der Waals surface area (Å²) in [5.74, 6) is -0.284. The molecule has 1 aliphatic rings. The Morgan fingerprint density at radius 2 is 1.52 bits per heavy atom. The zero-order valence-electron chi connectivity index (χ0n) is 27.0. The lowest BCUT2D eigenvalue weighted by molar-refractivity contribution is -0.683. The van der Waals surface area contributed by atoms with Crippen molar-refractivity contribution >= 4 is 56.2 Å². The molecule has 3 heterocycles. The number of rotatable bonds is 11. The molecule has 0 bridgehead atoms. The third kappa shape index (κ3) is 7.37. The molecule has 0 saturated carbocycles. The predicted octanol–water partition coefficient (Wildman–Crippen LogP) is 6.33. The fraction of sp³-hybridized carbons (Fsp3) is 0.211. The number of thiazole rings is 2. The number of hydrogen-bond acceptors (Lipinski definition) is 6. The molecule has 10 heteroatoms. The first-order valence-electron chi connectivity index (χ1n) is 16.1. The summed E-state index contributed by atoms with van der Waals surface area (Å²) in [5.41, 5.74) is 6.46. The average Bonchev–Trinajstić information content (AvgIpc) is 3.61. The van der Waals surface area contributed by atoms with E-state index in [0.717, 1.165) is 54.7 Å². The fourth-order valence-electron chi connectivity index (χ4n) is 5.95. The highest BCUT2D eigenvalue weighted by molar-refractivity contribution is 7.85. The maximum atomic E-state index is 13.7. The summed E-state index contributed by atoms with van der Waals surface area (Å²) in [7, 11) is -4.05. The van der Waals surface area contributed by atoms with Gasteiger partial charge in [-0.15, -0.1) is 11.3 Å². The van der Waals surface area contributed by atoms with E-state index in [2.05, 4.69) is 71.1 Å². The number of benzene rings is 3. The average molecular weight is 697 g/mol. The molecule has 3 aromatic carbocycles. The third-order valence-electron chi connectivity index (χ3n) is 8.29. The molecule has 6 rings (SSSR count). The first-order chi connectivity index (χ1) is 23.3. The van der Waals surface area contributed by atoms with Crippen molar-refractivity contribution in [1.29, 1.82) is 0 Å². The van der Waals surface area contributed by atoms with Gasteiger partial charge in [-0.25, -0.2) is 0 Å². The van der Waals surface area contributed by atoms with E-state index >= 15 is 0 Å². The lowest BCUT2D eigenvalue weighted by Gasteiger charge is -2.26. The Kier molecular flexibility index (Phi) is 10.4. The standard InChI is InChI=1S/C38H37N3O4S3/c1-3-39-25-23-28(31-19-11-12-20-32(31)39)21-22-33-38(42)40(4-2)34(46-33)27-35-41(24-13-14-26-48(43,44)45)36(29-15-7-5-8-16-29)37(47-35)30-17-9-6-10-18-30/h5-12,15-23,25,27H,3-4,13-14,24,26H2,1-2H3/p+1. The first-order valence-corrected chi connectivity index (χ1v) is 19.3. The molecule has 0 atom stereocenters. The summed E-state index contributed by atoms with van der Waals surface area (Å²) in [6.45, 7) is 6.05. The molecule has 0 radical (unpaired) electrons. The van der Waals surface area contributed by atoms with Crippen molar-refractivity contribution in [1.82, 2.24) is 4.57 Å². The van der Waals surface area contributed by atoms with Gasteiger partial charge in [-0.05, 0) is 61.8 Å². The van der Waals surface area contributed by atoms with Gasteiger partial charge >= 0.3 is 0 Å². The lowest BCUT2D eigenvalue weighted by atomic mass is 9.99. The minimum atomic E-state index is -4.05. The van der Waals surface area contributed by atoms with Crippen LogP contribution in [0.15, 0.2) is 108 Å². The van der Waals surface area contributed by atoms with Crippen LogP contribution in [0, 0.1) is 0 Å². The molecule has 48 heavy (non-hydrogen) atoms. The zero-order chi connectivity index (χ0) is 33.7. The molecule has 7 nitrogen and oxygen atoms in total. The lowest BCUT2D eigenvalue weighted by Crippen LogP contribution is -2.38. The second-order valence-corrected chi connectivity index (χ2v) is 15.1. The molecule has 2 aromatic heterocycles. The van der Waals surface area contributed by atoms with Gasteiger partial charge in [0, 0.05) is 42.5 Å². The number of anilines is 1. The highest BCUT2D eigenvalue weighted by atomic mass is 32.2. The molecule has 0 aliphatic carbocycles. The van der Waals surface area contributed by atoms with Crippen LogP contribution in [0.4, 0.5) is 5.69 Å². The summed E-state index contributed by atoms with van der Waals surface area (Å²) in [6.07, 6.45) is 11.1. The van der Waals surface area contributed by atoms with E-state index in [1.54, 1.807) is 11.3 Å². The van der Waals surface area contributed by atoms with Crippen LogP contribution >= 0.6 is 22.7 Å². The maximum absolute atomic E-state index is 13.7. The predicted molar refractivity (Wildman–Crippen MR) is 199 cm³/mol. The van der Waals surface area contributed by atoms with Gasteiger partial charge in [0.1, 0.15) is 9.54 Å². The SMILES string of the molecule is CCN1C=CC(=CC=c2s/c(=C/c3sc(-c4ccccc4)c(-c4ccccc4)[n+]3CCCCS(=O)(=O)O)n(CC)c2=O)c2ccccc21. The number of para-hydroxylation sites is 1. The summed E-state index contributed by atoms with van der Waals surface area (Å²) >= 11 is 3.12. The van der Waals surface area contributed by atoms with Gasteiger partial charge in [-0.3, -0.25) is 13.9 Å². The Labute approximate surface area is 289 Å². The highest BCUT2D eigenvalue weighted by Gasteiger charge is 2.28. The van der Waals surface area contributed by atoms with Crippen LogP contribution in [-0.4, -0.2) is 29.8 Å². The number of aromatic nitrogens is 2. The first kappa shape index (κ1) is 33.5. The quantitative estimate of drug-likeness (QED) is 0.0993. The van der Waals surface area contributed by atoms with Crippen molar-refractivity contribution in [3.8, 4) is 21.7 Å². The van der Waals surface area contributed by atoms with Crippen LogP contribution in [0.25, 0.3) is 39.4 Å². The van der Waals surface area contributed by atoms with Crippen LogP contribution in [0.1, 0.15) is 37.3 Å². The van der Waals surface area contributed by atoms with E-state index < -0.39 is 10.1 Å². The second kappa shape index (κ2) is 14.8. The van der Waals surface area contributed by atoms with Crippen molar-refractivity contribution in [2.24, 2.45) is 0 Å². The molecule has 0 amide bonds. The Hall–Kier alpha value is -4.35. The minimum absolute atomic E-state index is 0.0308. The molecule has 0 spiro atoms.